The highest BCUT2D eigenvalue weighted by Crippen LogP contribution is 2.20. The first-order chi connectivity index (χ1) is 18.5. The maximum atomic E-state index is 8.96. The van der Waals surface area contributed by atoms with Crippen LogP contribution in [0.5, 0.6) is 5.75 Å². The van der Waals surface area contributed by atoms with E-state index in [9.17, 15) is 0 Å². The van der Waals surface area contributed by atoms with Crippen molar-refractivity contribution in [3.05, 3.63) is 125 Å². The minimum Gasteiger partial charge on any atom is -0.491 e. The van der Waals surface area contributed by atoms with Crippen molar-refractivity contribution in [3.8, 4) is 5.75 Å². The molecule has 0 saturated carbocycles. The summed E-state index contributed by atoms with van der Waals surface area (Å²) in [4.78, 5) is 11.0. The third kappa shape index (κ3) is 10.5. The van der Waals surface area contributed by atoms with Crippen LogP contribution in [-0.2, 0) is 6.61 Å². The molecule has 0 atom stereocenters. The Balaban J connectivity index is 0.000000221. The first kappa shape index (κ1) is 28.5. The van der Waals surface area contributed by atoms with Crippen molar-refractivity contribution >= 4 is 24.3 Å². The Labute approximate surface area is 226 Å². The molecule has 38 heavy (non-hydrogen) atoms. The lowest BCUT2D eigenvalue weighted by molar-refractivity contribution is 0.277. The fraction of sp³-hybridized carbons (Fsp3) is 0.212. The standard InChI is InChI=1S/C19H24N2O.C14H13NO/c1-16-10-13-19(22-15-7-14-21(2)3)18(20-16)12-11-17-8-5-4-6-9-17;16-11-14-8-4-7-13(15-14)10-9-12-5-2-1-3-6-12/h4-6,8-13H,7,14-15H2,1-3H3;1-10,16H,11H2/b;10-9+. The van der Waals surface area contributed by atoms with Gasteiger partial charge in [-0.05, 0) is 75.0 Å². The average molecular weight is 508 g/mol. The summed E-state index contributed by atoms with van der Waals surface area (Å²) >= 11 is 0. The van der Waals surface area contributed by atoms with Gasteiger partial charge < -0.3 is 14.7 Å². The maximum Gasteiger partial charge on any atom is 0.144 e. The Kier molecular flexibility index (Phi) is 11.9. The molecule has 0 radical (unpaired) electrons. The van der Waals surface area contributed by atoms with E-state index in [4.69, 9.17) is 9.84 Å². The molecule has 1 N–H and O–H groups in total. The second-order valence-electron chi connectivity index (χ2n) is 9.04. The number of benzene rings is 2. The molecule has 196 valence electrons. The Morgan fingerprint density at radius 2 is 1.39 bits per heavy atom. The van der Waals surface area contributed by atoms with Gasteiger partial charge in [-0.2, -0.15) is 0 Å². The van der Waals surface area contributed by atoms with Crippen LogP contribution in [0.3, 0.4) is 0 Å². The van der Waals surface area contributed by atoms with E-state index in [-0.39, 0.29) is 6.61 Å². The van der Waals surface area contributed by atoms with Crippen LogP contribution < -0.4 is 4.74 Å². The molecular formula is C33H37N3O2. The van der Waals surface area contributed by atoms with Crippen LogP contribution in [0.1, 0.15) is 40.3 Å². The van der Waals surface area contributed by atoms with Gasteiger partial charge in [0.15, 0.2) is 0 Å². The number of aliphatic hydroxyl groups excluding tert-OH is 1. The quantitative estimate of drug-likeness (QED) is 0.244. The molecule has 0 aliphatic carbocycles. The molecule has 2 aromatic carbocycles. The zero-order valence-corrected chi connectivity index (χ0v) is 22.5. The van der Waals surface area contributed by atoms with Gasteiger partial charge in [-0.3, -0.25) is 4.98 Å². The molecule has 0 unspecified atom stereocenters. The third-order valence-electron chi connectivity index (χ3n) is 5.50. The SMILES string of the molecule is Cc1ccc(OCCCN(C)C)c(C=Cc2ccccc2)n1.OCc1cccc(/C=C/c2ccccc2)n1. The minimum absolute atomic E-state index is 0.0208. The smallest absolute Gasteiger partial charge is 0.144 e. The largest absolute Gasteiger partial charge is 0.491 e. The number of aromatic nitrogens is 2. The van der Waals surface area contributed by atoms with Crippen LogP contribution in [0.4, 0.5) is 0 Å². The second kappa shape index (κ2) is 15.9. The van der Waals surface area contributed by atoms with Gasteiger partial charge >= 0.3 is 0 Å². The fourth-order valence-electron chi connectivity index (χ4n) is 3.53. The summed E-state index contributed by atoms with van der Waals surface area (Å²) in [5.41, 5.74) is 5.72. The maximum absolute atomic E-state index is 8.96. The molecule has 5 heteroatoms. The van der Waals surface area contributed by atoms with E-state index in [1.54, 1.807) is 6.07 Å². The Bertz CT molecular complexity index is 1290. The number of nitrogens with zero attached hydrogens (tertiary/aromatic N) is 3. The van der Waals surface area contributed by atoms with Gasteiger partial charge in [0, 0.05) is 12.2 Å². The van der Waals surface area contributed by atoms with Gasteiger partial charge in [0.1, 0.15) is 11.4 Å². The summed E-state index contributed by atoms with van der Waals surface area (Å²) in [6.45, 7) is 3.70. The molecule has 4 rings (SSSR count). The highest BCUT2D eigenvalue weighted by Gasteiger charge is 2.03. The number of aliphatic hydroxyl groups is 1. The van der Waals surface area contributed by atoms with E-state index in [0.717, 1.165) is 46.9 Å². The second-order valence-corrected chi connectivity index (χ2v) is 9.04. The predicted molar refractivity (Wildman–Crippen MR) is 159 cm³/mol. The van der Waals surface area contributed by atoms with Crippen molar-refractivity contribution in [2.75, 3.05) is 27.2 Å². The summed E-state index contributed by atoms with van der Waals surface area (Å²) in [5.74, 6) is 0.844. The number of hydrogen-bond acceptors (Lipinski definition) is 5. The molecule has 0 spiro atoms. The normalized spacial score (nSPS) is 11.1. The number of hydrogen-bond donors (Lipinski definition) is 1. The Hall–Kier alpha value is -4.06. The summed E-state index contributed by atoms with van der Waals surface area (Å²) in [6.07, 6.45) is 9.03. The lowest BCUT2D eigenvalue weighted by Gasteiger charge is -2.12. The van der Waals surface area contributed by atoms with E-state index in [1.165, 1.54) is 0 Å². The highest BCUT2D eigenvalue weighted by atomic mass is 16.5. The molecule has 0 bridgehead atoms. The number of rotatable bonds is 10. The summed E-state index contributed by atoms with van der Waals surface area (Å²) in [6, 6.07) is 29.9. The van der Waals surface area contributed by atoms with E-state index in [2.05, 4.69) is 47.2 Å². The summed E-state index contributed by atoms with van der Waals surface area (Å²) in [7, 11) is 4.14. The predicted octanol–water partition coefficient (Wildman–Crippen LogP) is 6.64. The third-order valence-corrected chi connectivity index (χ3v) is 5.50. The Morgan fingerprint density at radius 1 is 0.737 bits per heavy atom. The van der Waals surface area contributed by atoms with Crippen LogP contribution in [-0.4, -0.2) is 47.2 Å². The zero-order chi connectivity index (χ0) is 27.0. The van der Waals surface area contributed by atoms with E-state index < -0.39 is 0 Å². The van der Waals surface area contributed by atoms with E-state index in [0.29, 0.717) is 12.3 Å². The van der Waals surface area contributed by atoms with Crippen LogP contribution in [0.2, 0.25) is 0 Å². The van der Waals surface area contributed by atoms with Crippen LogP contribution in [0, 0.1) is 6.92 Å². The van der Waals surface area contributed by atoms with Crippen molar-refractivity contribution in [1.82, 2.24) is 14.9 Å². The molecular weight excluding hydrogens is 470 g/mol. The lowest BCUT2D eigenvalue weighted by Crippen LogP contribution is -2.15. The van der Waals surface area contributed by atoms with Gasteiger partial charge in [0.25, 0.3) is 0 Å². The number of aryl methyl sites for hydroxylation is 1. The van der Waals surface area contributed by atoms with Gasteiger partial charge in [0.05, 0.1) is 24.6 Å². The van der Waals surface area contributed by atoms with Crippen molar-refractivity contribution < 1.29 is 9.84 Å². The first-order valence-electron chi connectivity index (χ1n) is 12.8. The number of pyridine rings is 2. The van der Waals surface area contributed by atoms with E-state index >= 15 is 0 Å². The first-order valence-corrected chi connectivity index (χ1v) is 12.8. The molecule has 4 aromatic rings. The monoisotopic (exact) mass is 507 g/mol. The van der Waals surface area contributed by atoms with Gasteiger partial charge in [0.2, 0.25) is 0 Å². The summed E-state index contributed by atoms with van der Waals surface area (Å²) < 4.78 is 5.89. The average Bonchev–Trinajstić information content (AvgIpc) is 2.95. The van der Waals surface area contributed by atoms with Crippen molar-refractivity contribution in [3.63, 3.8) is 0 Å². The Morgan fingerprint density at radius 3 is 2.03 bits per heavy atom. The van der Waals surface area contributed by atoms with Crippen LogP contribution in [0.25, 0.3) is 24.3 Å². The number of ether oxygens (including phenoxy) is 1. The van der Waals surface area contributed by atoms with E-state index in [1.807, 2.05) is 97.9 Å². The van der Waals surface area contributed by atoms with Gasteiger partial charge in [-0.1, -0.05) is 78.9 Å². The van der Waals surface area contributed by atoms with Gasteiger partial charge in [-0.25, -0.2) is 4.98 Å². The van der Waals surface area contributed by atoms with Crippen LogP contribution >= 0.6 is 0 Å². The molecule has 0 aliphatic heterocycles. The highest BCUT2D eigenvalue weighted by molar-refractivity contribution is 5.70. The van der Waals surface area contributed by atoms with Crippen LogP contribution in [0.15, 0.2) is 91.0 Å². The molecule has 0 aliphatic rings. The molecule has 0 fully saturated rings. The fourth-order valence-corrected chi connectivity index (χ4v) is 3.53. The summed E-state index contributed by atoms with van der Waals surface area (Å²) in [5, 5.41) is 8.96. The lowest BCUT2D eigenvalue weighted by atomic mass is 10.2. The minimum atomic E-state index is -0.0208. The molecule has 5 nitrogen and oxygen atoms in total. The molecule has 0 amide bonds. The van der Waals surface area contributed by atoms with Crippen molar-refractivity contribution in [1.29, 1.82) is 0 Å². The zero-order valence-electron chi connectivity index (χ0n) is 22.5. The van der Waals surface area contributed by atoms with Crippen molar-refractivity contribution in [2.24, 2.45) is 0 Å². The topological polar surface area (TPSA) is 58.5 Å². The molecule has 2 aromatic heterocycles. The van der Waals surface area contributed by atoms with Gasteiger partial charge in [-0.15, -0.1) is 0 Å². The molecule has 0 saturated heterocycles. The molecule has 2 heterocycles. The van der Waals surface area contributed by atoms with Crippen molar-refractivity contribution in [2.45, 2.75) is 20.0 Å².